The van der Waals surface area contributed by atoms with Gasteiger partial charge in [0.1, 0.15) is 5.01 Å². The fourth-order valence-electron chi connectivity index (χ4n) is 2.24. The lowest BCUT2D eigenvalue weighted by Crippen LogP contribution is -2.27. The molecule has 4 nitrogen and oxygen atoms in total. The normalized spacial score (nSPS) is 20.9. The molecule has 2 N–H and O–H groups in total. The van der Waals surface area contributed by atoms with Crippen molar-refractivity contribution in [3.05, 3.63) is 16.1 Å². The second-order valence-corrected chi connectivity index (χ2v) is 5.90. The van der Waals surface area contributed by atoms with Crippen molar-refractivity contribution in [2.45, 2.75) is 39.2 Å². The van der Waals surface area contributed by atoms with Crippen LogP contribution in [0.2, 0.25) is 0 Å². The fourth-order valence-corrected chi connectivity index (χ4v) is 3.05. The molecule has 0 radical (unpaired) electrons. The maximum Gasteiger partial charge on any atom is 0.220 e. The molecule has 0 aliphatic carbocycles. The van der Waals surface area contributed by atoms with E-state index in [1.807, 2.05) is 19.2 Å². The molecule has 2 atom stereocenters. The Morgan fingerprint density at radius 2 is 2.56 bits per heavy atom. The molecular weight excluding hydrogens is 246 g/mol. The SMILES string of the molecule is Cc1csc(C(C)NC(=O)CCC2CCNC2)n1. The Labute approximate surface area is 112 Å². The third-order valence-electron chi connectivity index (χ3n) is 3.33. The number of aryl methyl sites for hydroxylation is 1. The first-order chi connectivity index (χ1) is 8.65. The molecule has 1 aliphatic heterocycles. The Kier molecular flexibility index (Phi) is 4.72. The molecule has 1 fully saturated rings. The zero-order valence-corrected chi connectivity index (χ0v) is 11.8. The zero-order chi connectivity index (χ0) is 13.0. The Bertz CT molecular complexity index is 399. The van der Waals surface area contributed by atoms with E-state index in [-0.39, 0.29) is 11.9 Å². The van der Waals surface area contributed by atoms with Crippen LogP contribution in [0.15, 0.2) is 5.38 Å². The van der Waals surface area contributed by atoms with Crippen molar-refractivity contribution in [3.8, 4) is 0 Å². The Morgan fingerprint density at radius 3 is 3.17 bits per heavy atom. The minimum Gasteiger partial charge on any atom is -0.347 e. The minimum absolute atomic E-state index is 0.0258. The molecule has 0 spiro atoms. The Morgan fingerprint density at radius 1 is 1.72 bits per heavy atom. The topological polar surface area (TPSA) is 54.0 Å². The lowest BCUT2D eigenvalue weighted by atomic mass is 10.0. The number of carbonyl (C=O) groups excluding carboxylic acids is 1. The summed E-state index contributed by atoms with van der Waals surface area (Å²) in [6.45, 7) is 6.13. The average Bonchev–Trinajstić information content (AvgIpc) is 2.97. The van der Waals surface area contributed by atoms with Gasteiger partial charge in [0.15, 0.2) is 0 Å². The molecule has 0 saturated carbocycles. The first kappa shape index (κ1) is 13.5. The van der Waals surface area contributed by atoms with E-state index >= 15 is 0 Å². The van der Waals surface area contributed by atoms with Gasteiger partial charge in [-0.15, -0.1) is 11.3 Å². The summed E-state index contributed by atoms with van der Waals surface area (Å²) in [5, 5.41) is 9.35. The standard InChI is InChI=1S/C13H21N3OS/c1-9-8-18-13(15-9)10(2)16-12(17)4-3-11-5-6-14-7-11/h8,10-11,14H,3-7H2,1-2H3,(H,16,17). The number of aromatic nitrogens is 1. The molecule has 0 bridgehead atoms. The number of thiazole rings is 1. The van der Waals surface area contributed by atoms with Crippen LogP contribution < -0.4 is 10.6 Å². The van der Waals surface area contributed by atoms with E-state index in [2.05, 4.69) is 15.6 Å². The quantitative estimate of drug-likeness (QED) is 0.858. The van der Waals surface area contributed by atoms with Crippen molar-refractivity contribution in [3.63, 3.8) is 0 Å². The smallest absolute Gasteiger partial charge is 0.220 e. The molecule has 1 saturated heterocycles. The highest BCUT2D eigenvalue weighted by molar-refractivity contribution is 7.09. The molecule has 18 heavy (non-hydrogen) atoms. The van der Waals surface area contributed by atoms with Crippen LogP contribution in [0.1, 0.15) is 42.9 Å². The highest BCUT2D eigenvalue weighted by Gasteiger charge is 2.17. The predicted molar refractivity (Wildman–Crippen MR) is 73.6 cm³/mol. The van der Waals surface area contributed by atoms with Gasteiger partial charge in [-0.3, -0.25) is 4.79 Å². The van der Waals surface area contributed by atoms with Crippen LogP contribution in [0.4, 0.5) is 0 Å². The number of nitrogens with one attached hydrogen (secondary N) is 2. The molecule has 1 aliphatic rings. The summed E-state index contributed by atoms with van der Waals surface area (Å²) in [5.74, 6) is 0.815. The second-order valence-electron chi connectivity index (χ2n) is 5.01. The lowest BCUT2D eigenvalue weighted by Gasteiger charge is -2.12. The number of carbonyl (C=O) groups is 1. The van der Waals surface area contributed by atoms with Gasteiger partial charge >= 0.3 is 0 Å². The lowest BCUT2D eigenvalue weighted by molar-refractivity contribution is -0.122. The van der Waals surface area contributed by atoms with Gasteiger partial charge in [0, 0.05) is 17.5 Å². The fraction of sp³-hybridized carbons (Fsp3) is 0.692. The van der Waals surface area contributed by atoms with Crippen molar-refractivity contribution in [2.24, 2.45) is 5.92 Å². The predicted octanol–water partition coefficient (Wildman–Crippen LogP) is 2.02. The number of nitrogens with zero attached hydrogens (tertiary/aromatic N) is 1. The van der Waals surface area contributed by atoms with E-state index in [4.69, 9.17) is 0 Å². The summed E-state index contributed by atoms with van der Waals surface area (Å²) >= 11 is 1.61. The molecule has 100 valence electrons. The maximum absolute atomic E-state index is 11.8. The van der Waals surface area contributed by atoms with Gasteiger partial charge in [-0.1, -0.05) is 0 Å². The Balaban J connectivity index is 1.73. The Hall–Kier alpha value is -0.940. The first-order valence-corrected chi connectivity index (χ1v) is 7.45. The number of amides is 1. The monoisotopic (exact) mass is 267 g/mol. The third-order valence-corrected chi connectivity index (χ3v) is 4.47. The van der Waals surface area contributed by atoms with Crippen molar-refractivity contribution in [1.29, 1.82) is 0 Å². The zero-order valence-electron chi connectivity index (χ0n) is 11.0. The third kappa shape index (κ3) is 3.78. The van der Waals surface area contributed by atoms with Crippen LogP contribution in [0.3, 0.4) is 0 Å². The van der Waals surface area contributed by atoms with Crippen molar-refractivity contribution >= 4 is 17.2 Å². The van der Waals surface area contributed by atoms with Crippen molar-refractivity contribution < 1.29 is 4.79 Å². The van der Waals surface area contributed by atoms with E-state index in [1.165, 1.54) is 6.42 Å². The molecule has 2 heterocycles. The van der Waals surface area contributed by atoms with Gasteiger partial charge in [-0.05, 0) is 45.7 Å². The highest BCUT2D eigenvalue weighted by Crippen LogP contribution is 2.18. The molecule has 1 aromatic rings. The van der Waals surface area contributed by atoms with Crippen LogP contribution in [0.5, 0.6) is 0 Å². The number of hydrogen-bond acceptors (Lipinski definition) is 4. The van der Waals surface area contributed by atoms with E-state index in [9.17, 15) is 4.79 Å². The van der Waals surface area contributed by atoms with Crippen LogP contribution in [0, 0.1) is 12.8 Å². The van der Waals surface area contributed by atoms with Crippen LogP contribution in [-0.2, 0) is 4.79 Å². The van der Waals surface area contributed by atoms with Gasteiger partial charge in [0.05, 0.1) is 6.04 Å². The molecule has 1 amide bonds. The van der Waals surface area contributed by atoms with Crippen LogP contribution in [0.25, 0.3) is 0 Å². The van der Waals surface area contributed by atoms with Gasteiger partial charge in [0.2, 0.25) is 5.91 Å². The highest BCUT2D eigenvalue weighted by atomic mass is 32.1. The molecule has 2 rings (SSSR count). The summed E-state index contributed by atoms with van der Waals surface area (Å²) in [6, 6.07) is 0.0258. The summed E-state index contributed by atoms with van der Waals surface area (Å²) in [4.78, 5) is 16.2. The van der Waals surface area contributed by atoms with E-state index < -0.39 is 0 Å². The van der Waals surface area contributed by atoms with Gasteiger partial charge in [0.25, 0.3) is 0 Å². The van der Waals surface area contributed by atoms with Crippen LogP contribution in [-0.4, -0.2) is 24.0 Å². The van der Waals surface area contributed by atoms with E-state index in [0.29, 0.717) is 12.3 Å². The van der Waals surface area contributed by atoms with Crippen molar-refractivity contribution in [2.75, 3.05) is 13.1 Å². The summed E-state index contributed by atoms with van der Waals surface area (Å²) < 4.78 is 0. The first-order valence-electron chi connectivity index (χ1n) is 6.57. The van der Waals surface area contributed by atoms with E-state index in [1.54, 1.807) is 11.3 Å². The summed E-state index contributed by atoms with van der Waals surface area (Å²) in [5.41, 5.74) is 1.02. The van der Waals surface area contributed by atoms with Gasteiger partial charge in [-0.25, -0.2) is 4.98 Å². The molecule has 0 aromatic carbocycles. The summed E-state index contributed by atoms with van der Waals surface area (Å²) in [7, 11) is 0. The second kappa shape index (κ2) is 6.29. The average molecular weight is 267 g/mol. The van der Waals surface area contributed by atoms with Crippen LogP contribution >= 0.6 is 11.3 Å². The molecule has 1 aromatic heterocycles. The maximum atomic E-state index is 11.8. The van der Waals surface area contributed by atoms with Gasteiger partial charge in [-0.2, -0.15) is 0 Å². The van der Waals surface area contributed by atoms with E-state index in [0.717, 1.165) is 30.2 Å². The van der Waals surface area contributed by atoms with Crippen molar-refractivity contribution in [1.82, 2.24) is 15.6 Å². The largest absolute Gasteiger partial charge is 0.347 e. The van der Waals surface area contributed by atoms with Gasteiger partial charge < -0.3 is 10.6 Å². The minimum atomic E-state index is 0.0258. The molecule has 2 unspecified atom stereocenters. The number of hydrogen-bond donors (Lipinski definition) is 2. The molecule has 5 heteroatoms. The molecular formula is C13H21N3OS. The number of rotatable bonds is 5. The summed E-state index contributed by atoms with van der Waals surface area (Å²) in [6.07, 6.45) is 2.82.